The van der Waals surface area contributed by atoms with E-state index in [-0.39, 0.29) is 0 Å². The first-order valence-corrected chi connectivity index (χ1v) is 8.47. The van der Waals surface area contributed by atoms with E-state index in [1.54, 1.807) is 0 Å². The van der Waals surface area contributed by atoms with Crippen LogP contribution in [-0.2, 0) is 9.47 Å². The molecule has 0 amide bonds. The molecule has 0 aromatic heterocycles. The predicted molar refractivity (Wildman–Crippen MR) is 77.2 cm³/mol. The van der Waals surface area contributed by atoms with Gasteiger partial charge in [0.15, 0.2) is 0 Å². The van der Waals surface area contributed by atoms with Crippen molar-refractivity contribution in [2.75, 3.05) is 26.4 Å². The molecule has 1 heterocycles. The summed E-state index contributed by atoms with van der Waals surface area (Å²) in [6.45, 7) is 5.98. The molecule has 0 aromatic rings. The number of ether oxygens (including phenoxy) is 2. The maximum Gasteiger partial charge on any atom is 0.0566 e. The van der Waals surface area contributed by atoms with Crippen molar-refractivity contribution in [3.63, 3.8) is 0 Å². The maximum atomic E-state index is 5.97. The molecule has 3 fully saturated rings. The fraction of sp³-hybridized carbons (Fsp3) is 1.00. The van der Waals surface area contributed by atoms with E-state index in [2.05, 4.69) is 6.92 Å². The van der Waals surface area contributed by atoms with Crippen LogP contribution in [0, 0.1) is 23.2 Å². The smallest absolute Gasteiger partial charge is 0.0566 e. The second-order valence-electron chi connectivity index (χ2n) is 7.32. The topological polar surface area (TPSA) is 18.5 Å². The van der Waals surface area contributed by atoms with Crippen molar-refractivity contribution < 1.29 is 9.47 Å². The molecule has 2 heteroatoms. The van der Waals surface area contributed by atoms with Crippen molar-refractivity contribution in [1.82, 2.24) is 0 Å². The van der Waals surface area contributed by atoms with Gasteiger partial charge in [-0.3, -0.25) is 0 Å². The summed E-state index contributed by atoms with van der Waals surface area (Å²) in [7, 11) is 0. The molecular formula is C17H30O2. The van der Waals surface area contributed by atoms with Gasteiger partial charge in [-0.1, -0.05) is 32.6 Å². The van der Waals surface area contributed by atoms with Gasteiger partial charge in [-0.25, -0.2) is 0 Å². The van der Waals surface area contributed by atoms with Crippen LogP contribution in [0.25, 0.3) is 0 Å². The van der Waals surface area contributed by atoms with E-state index < -0.39 is 0 Å². The molecular weight excluding hydrogens is 236 g/mol. The molecule has 3 aliphatic rings. The summed E-state index contributed by atoms with van der Waals surface area (Å²) in [5, 5.41) is 0. The first kappa shape index (κ1) is 13.9. The highest BCUT2D eigenvalue weighted by Gasteiger charge is 2.37. The number of hydrogen-bond acceptors (Lipinski definition) is 2. The van der Waals surface area contributed by atoms with Crippen LogP contribution in [0.2, 0.25) is 0 Å². The minimum atomic E-state index is 0.364. The molecule has 1 aliphatic heterocycles. The monoisotopic (exact) mass is 266 g/mol. The van der Waals surface area contributed by atoms with Crippen molar-refractivity contribution >= 4 is 0 Å². The third-order valence-corrected chi connectivity index (χ3v) is 6.04. The molecule has 3 unspecified atom stereocenters. The first-order valence-electron chi connectivity index (χ1n) is 8.47. The molecule has 3 rings (SSSR count). The summed E-state index contributed by atoms with van der Waals surface area (Å²) in [4.78, 5) is 0. The summed E-state index contributed by atoms with van der Waals surface area (Å²) >= 11 is 0. The lowest BCUT2D eigenvalue weighted by molar-refractivity contribution is -0.151. The first-order chi connectivity index (χ1) is 9.31. The molecule has 2 saturated carbocycles. The average molecular weight is 266 g/mol. The minimum Gasteiger partial charge on any atom is -0.381 e. The van der Waals surface area contributed by atoms with Gasteiger partial charge in [-0.05, 0) is 43.4 Å². The van der Waals surface area contributed by atoms with Crippen LogP contribution in [0.4, 0.5) is 0 Å². The molecule has 1 saturated heterocycles. The Morgan fingerprint density at radius 1 is 1.11 bits per heavy atom. The third-order valence-electron chi connectivity index (χ3n) is 6.04. The number of fused-ring (bicyclic) bond motifs is 1. The molecule has 2 aliphatic carbocycles. The van der Waals surface area contributed by atoms with Crippen LogP contribution < -0.4 is 0 Å². The third kappa shape index (κ3) is 3.16. The fourth-order valence-corrected chi connectivity index (χ4v) is 4.38. The minimum absolute atomic E-state index is 0.364. The van der Waals surface area contributed by atoms with Crippen LogP contribution in [0.15, 0.2) is 0 Å². The van der Waals surface area contributed by atoms with E-state index in [9.17, 15) is 0 Å². The Morgan fingerprint density at radius 2 is 1.95 bits per heavy atom. The second kappa shape index (κ2) is 6.13. The van der Waals surface area contributed by atoms with Crippen molar-refractivity contribution in [1.29, 1.82) is 0 Å². The van der Waals surface area contributed by atoms with Gasteiger partial charge in [0.2, 0.25) is 0 Å². The quantitative estimate of drug-likeness (QED) is 0.676. The Hall–Kier alpha value is -0.0800. The summed E-state index contributed by atoms with van der Waals surface area (Å²) in [6.07, 6.45) is 11.5. The van der Waals surface area contributed by atoms with E-state index in [0.29, 0.717) is 5.41 Å². The Morgan fingerprint density at radius 3 is 2.68 bits per heavy atom. The molecule has 3 atom stereocenters. The van der Waals surface area contributed by atoms with E-state index in [1.165, 1.54) is 51.4 Å². The van der Waals surface area contributed by atoms with Gasteiger partial charge in [0, 0.05) is 12.0 Å². The Labute approximate surface area is 118 Å². The Kier molecular flexibility index (Phi) is 4.48. The summed E-state index contributed by atoms with van der Waals surface area (Å²) in [5.74, 6) is 3.11. The fourth-order valence-electron chi connectivity index (χ4n) is 4.38. The molecule has 0 N–H and O–H groups in total. The van der Waals surface area contributed by atoms with Gasteiger partial charge in [-0.2, -0.15) is 0 Å². The summed E-state index contributed by atoms with van der Waals surface area (Å²) in [5.41, 5.74) is 0.364. The van der Waals surface area contributed by atoms with Gasteiger partial charge >= 0.3 is 0 Å². The highest BCUT2D eigenvalue weighted by atomic mass is 16.5. The van der Waals surface area contributed by atoms with Crippen molar-refractivity contribution in [2.45, 2.75) is 58.3 Å². The van der Waals surface area contributed by atoms with Crippen LogP contribution in [0.1, 0.15) is 58.3 Å². The lowest BCUT2D eigenvalue weighted by atomic mass is 9.75. The van der Waals surface area contributed by atoms with Crippen LogP contribution in [-0.4, -0.2) is 26.4 Å². The van der Waals surface area contributed by atoms with Crippen LogP contribution >= 0.6 is 0 Å². The SMILES string of the molecule is CCC1(COCCC2CCC3CCCC3C2)COC1. The van der Waals surface area contributed by atoms with Crippen LogP contribution in [0.5, 0.6) is 0 Å². The average Bonchev–Trinajstić information content (AvgIpc) is 2.84. The zero-order valence-corrected chi connectivity index (χ0v) is 12.5. The summed E-state index contributed by atoms with van der Waals surface area (Å²) < 4.78 is 11.3. The van der Waals surface area contributed by atoms with Gasteiger partial charge in [0.05, 0.1) is 19.8 Å². The highest BCUT2D eigenvalue weighted by Crippen LogP contribution is 2.45. The molecule has 0 bridgehead atoms. The Bertz CT molecular complexity index is 279. The maximum absolute atomic E-state index is 5.97. The lowest BCUT2D eigenvalue weighted by Crippen LogP contribution is -2.45. The molecule has 19 heavy (non-hydrogen) atoms. The zero-order chi connectivity index (χ0) is 13.1. The van der Waals surface area contributed by atoms with Crippen molar-refractivity contribution in [3.05, 3.63) is 0 Å². The van der Waals surface area contributed by atoms with Gasteiger partial charge in [0.25, 0.3) is 0 Å². The van der Waals surface area contributed by atoms with Crippen LogP contribution in [0.3, 0.4) is 0 Å². The standard InChI is InChI=1S/C17H30O2/c1-2-17(12-19-13-17)11-18-9-8-14-6-7-15-4-3-5-16(15)10-14/h14-16H,2-13H2,1H3. The largest absolute Gasteiger partial charge is 0.381 e. The number of rotatable bonds is 6. The number of hydrogen-bond donors (Lipinski definition) is 0. The molecule has 110 valence electrons. The predicted octanol–water partition coefficient (Wildman–Crippen LogP) is 4.04. The van der Waals surface area contributed by atoms with E-state index >= 15 is 0 Å². The van der Waals surface area contributed by atoms with Gasteiger partial charge in [-0.15, -0.1) is 0 Å². The van der Waals surface area contributed by atoms with E-state index in [1.807, 2.05) is 0 Å². The molecule has 2 nitrogen and oxygen atoms in total. The van der Waals surface area contributed by atoms with Gasteiger partial charge in [0.1, 0.15) is 0 Å². The highest BCUT2D eigenvalue weighted by molar-refractivity contribution is 4.85. The van der Waals surface area contributed by atoms with E-state index in [0.717, 1.165) is 44.2 Å². The molecule has 0 radical (unpaired) electrons. The Balaban J connectivity index is 1.32. The van der Waals surface area contributed by atoms with E-state index in [4.69, 9.17) is 9.47 Å². The molecule has 0 aromatic carbocycles. The molecule has 0 spiro atoms. The van der Waals surface area contributed by atoms with Crippen molar-refractivity contribution in [3.8, 4) is 0 Å². The lowest BCUT2D eigenvalue weighted by Gasteiger charge is -2.40. The normalized spacial score (nSPS) is 36.8. The summed E-state index contributed by atoms with van der Waals surface area (Å²) in [6, 6.07) is 0. The second-order valence-corrected chi connectivity index (χ2v) is 7.32. The zero-order valence-electron chi connectivity index (χ0n) is 12.5. The van der Waals surface area contributed by atoms with Gasteiger partial charge < -0.3 is 9.47 Å². The van der Waals surface area contributed by atoms with Crippen molar-refractivity contribution in [2.24, 2.45) is 23.2 Å².